The molecule has 2 heterocycles. The van der Waals surface area contributed by atoms with Crippen LogP contribution < -0.4 is 10.6 Å². The molecule has 0 bridgehead atoms. The number of nitrogens with one attached hydrogen (secondary N) is 1. The number of carbonyl (C=O) groups excluding carboxylic acids is 2. The summed E-state index contributed by atoms with van der Waals surface area (Å²) < 4.78 is 6.11. The van der Waals surface area contributed by atoms with Gasteiger partial charge in [-0.3, -0.25) is 19.8 Å². The van der Waals surface area contributed by atoms with E-state index in [0.29, 0.717) is 18.2 Å². The molecular formula is C18H32N3O3S+. The normalized spacial score (nSPS) is 33.7. The quantitative estimate of drug-likeness (QED) is 0.707. The van der Waals surface area contributed by atoms with E-state index in [1.165, 1.54) is 25.8 Å². The molecule has 25 heavy (non-hydrogen) atoms. The van der Waals surface area contributed by atoms with Crippen molar-refractivity contribution in [1.29, 1.82) is 0 Å². The Morgan fingerprint density at radius 2 is 2.00 bits per heavy atom. The van der Waals surface area contributed by atoms with E-state index < -0.39 is 0 Å². The molecule has 0 aromatic heterocycles. The molecule has 6 nitrogen and oxygen atoms in total. The van der Waals surface area contributed by atoms with E-state index in [-0.39, 0.29) is 16.4 Å². The number of quaternary nitrogens is 1. The Hall–Kier alpha value is -0.630. The molecule has 0 spiro atoms. The predicted molar refractivity (Wildman–Crippen MR) is 98.3 cm³/mol. The van der Waals surface area contributed by atoms with Gasteiger partial charge in [0.15, 0.2) is 0 Å². The zero-order valence-electron chi connectivity index (χ0n) is 15.2. The Bertz CT molecular complexity index is 462. The van der Waals surface area contributed by atoms with Crippen LogP contribution in [0.4, 0.5) is 4.79 Å². The van der Waals surface area contributed by atoms with E-state index in [9.17, 15) is 9.59 Å². The van der Waals surface area contributed by atoms with Gasteiger partial charge < -0.3 is 10.1 Å². The summed E-state index contributed by atoms with van der Waals surface area (Å²) in [6, 6.07) is 0. The molecule has 3 aliphatic rings. The minimum absolute atomic E-state index is 0.101. The van der Waals surface area contributed by atoms with Gasteiger partial charge in [0, 0.05) is 13.0 Å². The Kier molecular flexibility index (Phi) is 7.16. The van der Waals surface area contributed by atoms with Crippen molar-refractivity contribution in [2.24, 2.45) is 5.92 Å². The SMILES string of the molecule is CN(CCOC1CCC(C[C@H]2SC(=O)NC2=O)CC1)C1CCCC[NH2+]1. The molecule has 2 atom stereocenters. The molecule has 2 amide bonds. The van der Waals surface area contributed by atoms with Crippen LogP contribution in [-0.4, -0.2) is 60.3 Å². The molecule has 1 aliphatic carbocycles. The molecule has 0 aromatic rings. The van der Waals surface area contributed by atoms with Gasteiger partial charge in [0.25, 0.3) is 5.24 Å². The summed E-state index contributed by atoms with van der Waals surface area (Å²) in [4.78, 5) is 25.4. The molecule has 3 fully saturated rings. The first-order valence-corrected chi connectivity index (χ1v) is 10.7. The van der Waals surface area contributed by atoms with E-state index in [2.05, 4.69) is 22.6 Å². The van der Waals surface area contributed by atoms with Crippen molar-refractivity contribution in [3.63, 3.8) is 0 Å². The molecule has 2 aliphatic heterocycles. The second-order valence-corrected chi connectivity index (χ2v) is 8.88. The van der Waals surface area contributed by atoms with Crippen LogP contribution in [0.1, 0.15) is 51.4 Å². The van der Waals surface area contributed by atoms with E-state index in [4.69, 9.17) is 4.74 Å². The van der Waals surface area contributed by atoms with Crippen LogP contribution in [-0.2, 0) is 9.53 Å². The van der Waals surface area contributed by atoms with Crippen molar-refractivity contribution in [3.05, 3.63) is 0 Å². The number of hydrogen-bond donors (Lipinski definition) is 2. The number of nitrogens with two attached hydrogens (primary N) is 1. The lowest BCUT2D eigenvalue weighted by atomic mass is 9.84. The monoisotopic (exact) mass is 370 g/mol. The third kappa shape index (κ3) is 5.67. The van der Waals surface area contributed by atoms with Crippen LogP contribution in [0.25, 0.3) is 0 Å². The van der Waals surface area contributed by atoms with Crippen LogP contribution in [0, 0.1) is 5.92 Å². The number of amides is 2. The number of hydrogen-bond acceptors (Lipinski definition) is 5. The number of thioether (sulfide) groups is 1. The van der Waals surface area contributed by atoms with Crippen LogP contribution in [0.15, 0.2) is 0 Å². The number of ether oxygens (including phenoxy) is 1. The maximum absolute atomic E-state index is 11.7. The minimum Gasteiger partial charge on any atom is -0.377 e. The van der Waals surface area contributed by atoms with Crippen molar-refractivity contribution in [1.82, 2.24) is 10.2 Å². The molecule has 2 saturated heterocycles. The second-order valence-electron chi connectivity index (χ2n) is 7.70. The average Bonchev–Trinajstić information content (AvgIpc) is 2.94. The molecule has 142 valence electrons. The van der Waals surface area contributed by atoms with Crippen molar-refractivity contribution in [3.8, 4) is 0 Å². The van der Waals surface area contributed by atoms with E-state index in [0.717, 1.165) is 57.0 Å². The lowest BCUT2D eigenvalue weighted by molar-refractivity contribution is -0.716. The van der Waals surface area contributed by atoms with Gasteiger partial charge in [-0.2, -0.15) is 0 Å². The maximum atomic E-state index is 11.7. The fourth-order valence-corrected chi connectivity index (χ4v) is 5.19. The van der Waals surface area contributed by atoms with Crippen LogP contribution in [0.3, 0.4) is 0 Å². The fraction of sp³-hybridized carbons (Fsp3) is 0.889. The summed E-state index contributed by atoms with van der Waals surface area (Å²) in [5.41, 5.74) is 0. The molecule has 3 rings (SSSR count). The van der Waals surface area contributed by atoms with Crippen LogP contribution in [0.2, 0.25) is 0 Å². The molecule has 1 saturated carbocycles. The number of imide groups is 1. The molecule has 3 N–H and O–H groups in total. The Morgan fingerprint density at radius 3 is 2.64 bits per heavy atom. The minimum atomic E-state index is -0.189. The third-order valence-corrected chi connectivity index (χ3v) is 6.87. The Labute approximate surface area is 154 Å². The number of nitrogens with zero attached hydrogens (tertiary/aromatic N) is 1. The standard InChI is InChI=1S/C18H31N3O3S/c1-21(16-4-2-3-9-19-16)10-11-24-14-7-5-13(6-8-14)12-15-17(22)20-18(23)25-15/h13-16,19H,2-12H2,1H3,(H,20,22,23)/p+1/t13?,14?,15-,16?/m1/s1. The third-order valence-electron chi connectivity index (χ3n) is 5.86. The highest BCUT2D eigenvalue weighted by molar-refractivity contribution is 8.15. The number of carbonyl (C=O) groups is 2. The van der Waals surface area contributed by atoms with E-state index >= 15 is 0 Å². The summed E-state index contributed by atoms with van der Waals surface area (Å²) >= 11 is 1.16. The Balaban J connectivity index is 1.29. The smallest absolute Gasteiger partial charge is 0.286 e. The molecule has 7 heteroatoms. The predicted octanol–water partition coefficient (Wildman–Crippen LogP) is 1.31. The van der Waals surface area contributed by atoms with Crippen molar-refractivity contribution in [2.45, 2.75) is 68.9 Å². The van der Waals surface area contributed by atoms with Gasteiger partial charge in [-0.05, 0) is 57.9 Å². The first-order chi connectivity index (χ1) is 12.1. The van der Waals surface area contributed by atoms with Gasteiger partial charge in [-0.15, -0.1) is 0 Å². The second kappa shape index (κ2) is 9.35. The fourth-order valence-electron chi connectivity index (χ4n) is 4.24. The highest BCUT2D eigenvalue weighted by Gasteiger charge is 2.34. The largest absolute Gasteiger partial charge is 0.377 e. The average molecular weight is 371 g/mol. The van der Waals surface area contributed by atoms with E-state index in [1.807, 2.05) is 0 Å². The summed E-state index contributed by atoms with van der Waals surface area (Å²) in [5.74, 6) is 0.449. The summed E-state index contributed by atoms with van der Waals surface area (Å²) in [6.45, 7) is 3.07. The van der Waals surface area contributed by atoms with E-state index in [1.54, 1.807) is 0 Å². The summed E-state index contributed by atoms with van der Waals surface area (Å²) in [6.07, 6.45) is 10.2. The highest BCUT2D eigenvalue weighted by atomic mass is 32.2. The van der Waals surface area contributed by atoms with Gasteiger partial charge in [-0.25, -0.2) is 0 Å². The van der Waals surface area contributed by atoms with Gasteiger partial charge in [0.1, 0.15) is 6.17 Å². The molecule has 0 aromatic carbocycles. The van der Waals surface area contributed by atoms with Gasteiger partial charge in [0.2, 0.25) is 5.91 Å². The van der Waals surface area contributed by atoms with Crippen LogP contribution >= 0.6 is 11.8 Å². The van der Waals surface area contributed by atoms with Crippen molar-refractivity contribution >= 4 is 22.9 Å². The zero-order valence-corrected chi connectivity index (χ0v) is 16.1. The maximum Gasteiger partial charge on any atom is 0.286 e. The van der Waals surface area contributed by atoms with Crippen LogP contribution in [0.5, 0.6) is 0 Å². The molecular weight excluding hydrogens is 338 g/mol. The zero-order chi connectivity index (χ0) is 17.6. The lowest BCUT2D eigenvalue weighted by Crippen LogP contribution is -2.94. The lowest BCUT2D eigenvalue weighted by Gasteiger charge is -2.31. The first-order valence-electron chi connectivity index (χ1n) is 9.78. The highest BCUT2D eigenvalue weighted by Crippen LogP contribution is 2.34. The molecule has 0 radical (unpaired) electrons. The van der Waals surface area contributed by atoms with Gasteiger partial charge in [0.05, 0.1) is 24.5 Å². The first kappa shape index (κ1) is 19.1. The molecule has 1 unspecified atom stereocenters. The number of piperidine rings is 1. The number of likely N-dealkylation sites (N-methyl/N-ethyl adjacent to an activating group) is 1. The van der Waals surface area contributed by atoms with Gasteiger partial charge >= 0.3 is 0 Å². The topological polar surface area (TPSA) is 75.2 Å². The number of rotatable bonds is 7. The summed E-state index contributed by atoms with van der Waals surface area (Å²) in [7, 11) is 2.21. The van der Waals surface area contributed by atoms with Crippen molar-refractivity contribution in [2.75, 3.05) is 26.7 Å². The summed E-state index contributed by atoms with van der Waals surface area (Å²) in [5, 5.41) is 4.48. The van der Waals surface area contributed by atoms with Crippen molar-refractivity contribution < 1.29 is 19.6 Å². The Morgan fingerprint density at radius 1 is 1.20 bits per heavy atom. The van der Waals surface area contributed by atoms with Gasteiger partial charge in [-0.1, -0.05) is 11.8 Å².